The molecule has 21 heavy (non-hydrogen) atoms. The van der Waals surface area contributed by atoms with Crippen LogP contribution in [0.5, 0.6) is 0 Å². The van der Waals surface area contributed by atoms with Gasteiger partial charge in [-0.25, -0.2) is 0 Å². The summed E-state index contributed by atoms with van der Waals surface area (Å²) in [4.78, 5) is 0. The van der Waals surface area contributed by atoms with Gasteiger partial charge in [-0.3, -0.25) is 0 Å². The van der Waals surface area contributed by atoms with Gasteiger partial charge in [0.15, 0.2) is 0 Å². The molecule has 0 aliphatic carbocycles. The Hall–Kier alpha value is 0. The molecular weight excluding hydrogens is 252 g/mol. The van der Waals surface area contributed by atoms with Gasteiger partial charge in [0.05, 0.1) is 0 Å². The fourth-order valence-electron chi connectivity index (χ4n) is 4.18. The molecule has 0 fully saturated rings. The number of hydrogen-bond donors (Lipinski definition) is 0. The summed E-state index contributed by atoms with van der Waals surface area (Å²) in [7, 11) is 0. The van der Waals surface area contributed by atoms with Crippen LogP contribution in [-0.4, -0.2) is 0 Å². The Labute approximate surface area is 136 Å². The van der Waals surface area contributed by atoms with Crippen molar-refractivity contribution in [3.05, 3.63) is 0 Å². The van der Waals surface area contributed by atoms with Gasteiger partial charge in [-0.2, -0.15) is 0 Å². The molecule has 0 amide bonds. The monoisotopic (exact) mass is 296 g/mol. The number of hydrogen-bond acceptors (Lipinski definition) is 0. The zero-order valence-corrected chi connectivity index (χ0v) is 16.3. The van der Waals surface area contributed by atoms with Crippen LogP contribution in [-0.2, 0) is 0 Å². The van der Waals surface area contributed by atoms with Gasteiger partial charge in [0.25, 0.3) is 0 Å². The third-order valence-corrected chi connectivity index (χ3v) is 5.54. The van der Waals surface area contributed by atoms with Gasteiger partial charge >= 0.3 is 0 Å². The third-order valence-electron chi connectivity index (χ3n) is 5.54. The van der Waals surface area contributed by atoms with Crippen LogP contribution in [0.25, 0.3) is 0 Å². The van der Waals surface area contributed by atoms with Crippen LogP contribution < -0.4 is 0 Å². The molecule has 0 aromatic heterocycles. The topological polar surface area (TPSA) is 0 Å². The van der Waals surface area contributed by atoms with E-state index in [2.05, 4.69) is 48.5 Å². The lowest BCUT2D eigenvalue weighted by Gasteiger charge is -2.36. The van der Waals surface area contributed by atoms with Gasteiger partial charge in [0, 0.05) is 0 Å². The van der Waals surface area contributed by atoms with Gasteiger partial charge in [0.1, 0.15) is 0 Å². The molecule has 0 saturated heterocycles. The molecule has 0 heterocycles. The maximum absolute atomic E-state index is 2.49. The van der Waals surface area contributed by atoms with Crippen molar-refractivity contribution in [1.29, 1.82) is 0 Å². The molecule has 3 unspecified atom stereocenters. The average Bonchev–Trinajstić information content (AvgIpc) is 2.42. The fourth-order valence-corrected chi connectivity index (χ4v) is 4.18. The Morgan fingerprint density at radius 3 is 1.95 bits per heavy atom. The predicted molar refractivity (Wildman–Crippen MR) is 98.8 cm³/mol. The van der Waals surface area contributed by atoms with E-state index in [0.29, 0.717) is 5.41 Å². The first kappa shape index (κ1) is 21.0. The quantitative estimate of drug-likeness (QED) is 0.303. The van der Waals surface area contributed by atoms with Crippen LogP contribution in [0.1, 0.15) is 113 Å². The van der Waals surface area contributed by atoms with Crippen molar-refractivity contribution in [1.82, 2.24) is 0 Å². The van der Waals surface area contributed by atoms with Crippen LogP contribution in [0.15, 0.2) is 0 Å². The van der Waals surface area contributed by atoms with Crippen LogP contribution in [0.3, 0.4) is 0 Å². The SMILES string of the molecule is CCCC(CC)(CCCCC(C)CC)CC(C)CC(C)C. The molecule has 0 nitrogen and oxygen atoms in total. The molecule has 0 aliphatic heterocycles. The van der Waals surface area contributed by atoms with E-state index in [1.54, 1.807) is 0 Å². The highest BCUT2D eigenvalue weighted by Crippen LogP contribution is 2.41. The van der Waals surface area contributed by atoms with E-state index >= 15 is 0 Å². The zero-order chi connectivity index (χ0) is 16.3. The van der Waals surface area contributed by atoms with Crippen molar-refractivity contribution in [3.8, 4) is 0 Å². The van der Waals surface area contributed by atoms with Gasteiger partial charge in [-0.1, -0.05) is 87.0 Å². The lowest BCUT2D eigenvalue weighted by molar-refractivity contribution is 0.157. The molecule has 3 atom stereocenters. The molecule has 0 aromatic carbocycles. The molecule has 0 saturated carbocycles. The van der Waals surface area contributed by atoms with Crippen molar-refractivity contribution in [2.24, 2.45) is 23.2 Å². The first-order valence-corrected chi connectivity index (χ1v) is 9.89. The van der Waals surface area contributed by atoms with Crippen molar-refractivity contribution in [2.45, 2.75) is 113 Å². The van der Waals surface area contributed by atoms with Gasteiger partial charge < -0.3 is 0 Å². The van der Waals surface area contributed by atoms with Crippen molar-refractivity contribution in [3.63, 3.8) is 0 Å². The summed E-state index contributed by atoms with van der Waals surface area (Å²) in [6, 6.07) is 0. The first-order valence-electron chi connectivity index (χ1n) is 9.89. The van der Waals surface area contributed by atoms with Crippen LogP contribution in [0.2, 0.25) is 0 Å². The predicted octanol–water partition coefficient (Wildman–Crippen LogP) is 7.86. The molecule has 0 rings (SSSR count). The molecular formula is C21H44. The molecule has 0 aliphatic rings. The van der Waals surface area contributed by atoms with E-state index in [1.165, 1.54) is 64.2 Å². The minimum Gasteiger partial charge on any atom is -0.0654 e. The fraction of sp³-hybridized carbons (Fsp3) is 1.00. The summed E-state index contributed by atoms with van der Waals surface area (Å²) in [5, 5.41) is 0. The minimum absolute atomic E-state index is 0.637. The van der Waals surface area contributed by atoms with Gasteiger partial charge in [-0.15, -0.1) is 0 Å². The summed E-state index contributed by atoms with van der Waals surface area (Å²) in [5.74, 6) is 2.67. The Bertz CT molecular complexity index is 230. The highest BCUT2D eigenvalue weighted by Gasteiger charge is 2.28. The Morgan fingerprint density at radius 2 is 1.48 bits per heavy atom. The molecule has 0 radical (unpaired) electrons. The van der Waals surface area contributed by atoms with Crippen molar-refractivity contribution in [2.75, 3.05) is 0 Å². The summed E-state index contributed by atoms with van der Waals surface area (Å²) in [5.41, 5.74) is 0.637. The van der Waals surface area contributed by atoms with Gasteiger partial charge in [0.2, 0.25) is 0 Å². The van der Waals surface area contributed by atoms with Crippen LogP contribution >= 0.6 is 0 Å². The Kier molecular flexibility index (Phi) is 11.6. The molecule has 0 heteroatoms. The second kappa shape index (κ2) is 11.6. The smallest absolute Gasteiger partial charge is 0.0298 e. The average molecular weight is 297 g/mol. The van der Waals surface area contributed by atoms with E-state index in [1.807, 2.05) is 0 Å². The Balaban J connectivity index is 4.39. The maximum Gasteiger partial charge on any atom is -0.0298 e. The molecule has 0 aromatic rings. The van der Waals surface area contributed by atoms with E-state index in [-0.39, 0.29) is 0 Å². The zero-order valence-electron chi connectivity index (χ0n) is 16.3. The molecule has 0 spiro atoms. The second-order valence-corrected chi connectivity index (χ2v) is 8.30. The lowest BCUT2D eigenvalue weighted by Crippen LogP contribution is -2.23. The largest absolute Gasteiger partial charge is 0.0654 e. The van der Waals surface area contributed by atoms with E-state index in [4.69, 9.17) is 0 Å². The van der Waals surface area contributed by atoms with Crippen molar-refractivity contribution >= 4 is 0 Å². The molecule has 128 valence electrons. The normalized spacial score (nSPS) is 17.7. The standard InChI is InChI=1S/C21H44/c1-8-14-21(10-3,17-20(7)16-18(4)5)15-12-11-13-19(6)9-2/h18-20H,8-17H2,1-7H3. The Morgan fingerprint density at radius 1 is 0.810 bits per heavy atom. The van der Waals surface area contributed by atoms with E-state index in [0.717, 1.165) is 17.8 Å². The van der Waals surface area contributed by atoms with Crippen molar-refractivity contribution < 1.29 is 0 Å². The van der Waals surface area contributed by atoms with Crippen LogP contribution in [0.4, 0.5) is 0 Å². The first-order chi connectivity index (χ1) is 9.89. The van der Waals surface area contributed by atoms with E-state index < -0.39 is 0 Å². The van der Waals surface area contributed by atoms with E-state index in [9.17, 15) is 0 Å². The maximum atomic E-state index is 2.49. The number of unbranched alkanes of at least 4 members (excludes halogenated alkanes) is 1. The number of rotatable bonds is 13. The second-order valence-electron chi connectivity index (χ2n) is 8.30. The third kappa shape index (κ3) is 9.59. The lowest BCUT2D eigenvalue weighted by atomic mass is 9.69. The minimum atomic E-state index is 0.637. The molecule has 0 bridgehead atoms. The summed E-state index contributed by atoms with van der Waals surface area (Å²) >= 11 is 0. The van der Waals surface area contributed by atoms with Gasteiger partial charge in [-0.05, 0) is 48.9 Å². The molecule has 0 N–H and O–H groups in total. The highest BCUT2D eigenvalue weighted by molar-refractivity contribution is 4.80. The summed E-state index contributed by atoms with van der Waals surface area (Å²) in [6.07, 6.45) is 14.2. The summed E-state index contributed by atoms with van der Waals surface area (Å²) in [6.45, 7) is 16.8. The van der Waals surface area contributed by atoms with Crippen LogP contribution in [0, 0.1) is 23.2 Å². The summed E-state index contributed by atoms with van der Waals surface area (Å²) < 4.78 is 0. The highest BCUT2D eigenvalue weighted by atomic mass is 14.3.